The molecule has 1 N–H and O–H groups in total. The van der Waals surface area contributed by atoms with Crippen LogP contribution in [0.25, 0.3) is 5.65 Å². The third kappa shape index (κ3) is 7.11. The van der Waals surface area contributed by atoms with Crippen molar-refractivity contribution in [1.82, 2.24) is 19.9 Å². The summed E-state index contributed by atoms with van der Waals surface area (Å²) in [6.07, 6.45) is 4.15. The van der Waals surface area contributed by atoms with Gasteiger partial charge in [-0.05, 0) is 66.4 Å². The standard InChI is InChI=1S/C23H33F2N5O3S/c1-21(2,3)33-20(31)29-19(16-7-9-23(24,25)10-8-16)17-14-30-18(28-17)11-15(12-26-30)13-27-34(32)22(4,5)6/h11-14,16,19H,7-10H2,1-6H3,(H,29,31)/t19-,34?/m0/s1. The van der Waals surface area contributed by atoms with Gasteiger partial charge in [-0.3, -0.25) is 0 Å². The molecular formula is C23H33F2N5O3S. The Morgan fingerprint density at radius 3 is 2.56 bits per heavy atom. The van der Waals surface area contributed by atoms with Gasteiger partial charge in [0.2, 0.25) is 5.92 Å². The number of amides is 1. The summed E-state index contributed by atoms with van der Waals surface area (Å²) in [4.78, 5) is 17.1. The number of rotatable bonds is 5. The Hall–Kier alpha value is -2.27. The predicted octanol–water partition coefficient (Wildman–Crippen LogP) is 5.00. The van der Waals surface area contributed by atoms with Gasteiger partial charge in [-0.2, -0.15) is 5.10 Å². The number of carbonyl (C=O) groups is 1. The first kappa shape index (κ1) is 26.3. The molecular weight excluding hydrogens is 464 g/mol. The first-order valence-electron chi connectivity index (χ1n) is 11.3. The number of fused-ring (bicyclic) bond motifs is 1. The zero-order valence-electron chi connectivity index (χ0n) is 20.5. The number of alkyl carbamates (subject to hydrolysis) is 1. The van der Waals surface area contributed by atoms with E-state index < -0.39 is 39.8 Å². The molecule has 2 aromatic heterocycles. The second-order valence-corrected chi connectivity index (χ2v) is 12.6. The lowest BCUT2D eigenvalue weighted by atomic mass is 9.81. The molecule has 0 aliphatic heterocycles. The first-order valence-corrected chi connectivity index (χ1v) is 12.4. The molecule has 11 heteroatoms. The monoisotopic (exact) mass is 497 g/mol. The summed E-state index contributed by atoms with van der Waals surface area (Å²) in [7, 11) is 0. The highest BCUT2D eigenvalue weighted by atomic mass is 32.2. The van der Waals surface area contributed by atoms with Crippen molar-refractivity contribution < 1.29 is 22.9 Å². The molecule has 1 aliphatic rings. The number of hydrogen-bond acceptors (Lipinski definition) is 6. The maximum Gasteiger partial charge on any atom is 0.408 e. The molecule has 1 amide bonds. The van der Waals surface area contributed by atoms with Gasteiger partial charge in [0.1, 0.15) is 21.7 Å². The summed E-state index contributed by atoms with van der Waals surface area (Å²) in [6.45, 7) is 10.8. The van der Waals surface area contributed by atoms with E-state index in [1.54, 1.807) is 43.7 Å². The number of alkyl halides is 2. The van der Waals surface area contributed by atoms with Gasteiger partial charge in [0.05, 0.1) is 30.3 Å². The second-order valence-electron chi connectivity index (χ2n) is 10.7. The van der Waals surface area contributed by atoms with E-state index in [9.17, 15) is 18.1 Å². The fraction of sp³-hybridized carbons (Fsp3) is 0.652. The molecule has 188 valence electrons. The van der Waals surface area contributed by atoms with Crippen LogP contribution in [0.5, 0.6) is 0 Å². The number of nitrogens with one attached hydrogen (secondary N) is 1. The Balaban J connectivity index is 1.87. The minimum Gasteiger partial charge on any atom is -0.591 e. The highest BCUT2D eigenvalue weighted by Gasteiger charge is 2.39. The summed E-state index contributed by atoms with van der Waals surface area (Å²) >= 11 is -1.41. The zero-order valence-corrected chi connectivity index (χ0v) is 21.3. The van der Waals surface area contributed by atoms with E-state index in [4.69, 9.17) is 4.74 Å². The molecule has 0 radical (unpaired) electrons. The second kappa shape index (κ2) is 9.77. The lowest BCUT2D eigenvalue weighted by Crippen LogP contribution is -2.40. The highest BCUT2D eigenvalue weighted by Crippen LogP contribution is 2.41. The first-order chi connectivity index (χ1) is 15.6. The van der Waals surface area contributed by atoms with Gasteiger partial charge < -0.3 is 14.6 Å². The highest BCUT2D eigenvalue weighted by molar-refractivity contribution is 7.91. The van der Waals surface area contributed by atoms with Crippen molar-refractivity contribution in [3.05, 3.63) is 29.7 Å². The minimum atomic E-state index is -2.69. The average molecular weight is 498 g/mol. The Bertz CT molecular complexity index is 1040. The Morgan fingerprint density at radius 2 is 1.97 bits per heavy atom. The molecule has 1 aliphatic carbocycles. The van der Waals surface area contributed by atoms with Crippen LogP contribution in [-0.4, -0.2) is 47.7 Å². The molecule has 0 bridgehead atoms. The smallest absolute Gasteiger partial charge is 0.408 e. The van der Waals surface area contributed by atoms with E-state index in [1.807, 2.05) is 20.8 Å². The van der Waals surface area contributed by atoms with Crippen LogP contribution in [0.3, 0.4) is 0 Å². The predicted molar refractivity (Wildman–Crippen MR) is 127 cm³/mol. The molecule has 3 rings (SSSR count). The van der Waals surface area contributed by atoms with Gasteiger partial charge in [-0.25, -0.2) is 23.1 Å². The molecule has 2 heterocycles. The summed E-state index contributed by atoms with van der Waals surface area (Å²) < 4.78 is 50.3. The van der Waals surface area contributed by atoms with Crippen molar-refractivity contribution in [2.75, 3.05) is 0 Å². The lowest BCUT2D eigenvalue weighted by Gasteiger charge is -2.33. The van der Waals surface area contributed by atoms with Crippen molar-refractivity contribution in [3.8, 4) is 0 Å². The van der Waals surface area contributed by atoms with E-state index in [0.29, 0.717) is 16.9 Å². The van der Waals surface area contributed by atoms with E-state index >= 15 is 0 Å². The van der Waals surface area contributed by atoms with Crippen molar-refractivity contribution in [2.45, 2.75) is 89.5 Å². The Morgan fingerprint density at radius 1 is 1.32 bits per heavy atom. The van der Waals surface area contributed by atoms with Gasteiger partial charge in [0, 0.05) is 18.4 Å². The quantitative estimate of drug-likeness (QED) is 0.462. The minimum absolute atomic E-state index is 0.215. The van der Waals surface area contributed by atoms with Crippen molar-refractivity contribution >= 4 is 29.3 Å². The average Bonchev–Trinajstić information content (AvgIpc) is 3.11. The van der Waals surface area contributed by atoms with E-state index in [1.165, 1.54) is 6.21 Å². The van der Waals surface area contributed by atoms with E-state index in [-0.39, 0.29) is 31.6 Å². The molecule has 1 unspecified atom stereocenters. The molecule has 1 saturated carbocycles. The van der Waals surface area contributed by atoms with Crippen LogP contribution in [0.15, 0.2) is 22.9 Å². The molecule has 34 heavy (non-hydrogen) atoms. The van der Waals surface area contributed by atoms with Crippen LogP contribution < -0.4 is 5.32 Å². The molecule has 0 saturated heterocycles. The summed E-state index contributed by atoms with van der Waals surface area (Å²) in [5, 5.41) is 7.17. The third-order valence-corrected chi connectivity index (χ3v) is 6.75. The van der Waals surface area contributed by atoms with Crippen LogP contribution in [0.2, 0.25) is 0 Å². The number of carbonyl (C=O) groups excluding carboxylic acids is 1. The molecule has 2 atom stereocenters. The van der Waals surface area contributed by atoms with Crippen LogP contribution in [0.1, 0.15) is 84.5 Å². The summed E-state index contributed by atoms with van der Waals surface area (Å²) in [5.41, 5.74) is 0.936. The van der Waals surface area contributed by atoms with Crippen molar-refractivity contribution in [3.63, 3.8) is 0 Å². The topological polar surface area (TPSA) is 104 Å². The van der Waals surface area contributed by atoms with Gasteiger partial charge in [0.25, 0.3) is 0 Å². The number of ether oxygens (including phenoxy) is 1. The van der Waals surface area contributed by atoms with E-state index in [0.717, 1.165) is 0 Å². The Labute approximate surface area is 201 Å². The van der Waals surface area contributed by atoms with Crippen molar-refractivity contribution in [1.29, 1.82) is 0 Å². The molecule has 0 aromatic carbocycles. The fourth-order valence-corrected chi connectivity index (χ4v) is 4.19. The molecule has 0 spiro atoms. The Kier molecular flexibility index (Phi) is 7.57. The maximum absolute atomic E-state index is 13.8. The number of nitrogens with zero attached hydrogens (tertiary/aromatic N) is 4. The fourth-order valence-electron chi connectivity index (χ4n) is 3.66. The largest absolute Gasteiger partial charge is 0.591 e. The van der Waals surface area contributed by atoms with Gasteiger partial charge in [-0.1, -0.05) is 4.40 Å². The summed E-state index contributed by atoms with van der Waals surface area (Å²) in [6, 6.07) is 1.14. The number of aromatic nitrogens is 3. The van der Waals surface area contributed by atoms with Crippen LogP contribution in [-0.2, 0) is 16.1 Å². The number of hydrogen-bond donors (Lipinski definition) is 1. The van der Waals surface area contributed by atoms with Gasteiger partial charge in [0.15, 0.2) is 5.65 Å². The van der Waals surface area contributed by atoms with E-state index in [2.05, 4.69) is 19.8 Å². The third-order valence-electron chi connectivity index (χ3n) is 5.41. The SMILES string of the molecule is CC(C)(C)OC(=O)N[C@H](c1cn2ncc(C=N[S+]([O-])C(C)(C)C)cc2n1)C1CCC(F)(F)CC1. The number of imidazole rings is 1. The molecule has 8 nitrogen and oxygen atoms in total. The molecule has 1 fully saturated rings. The normalized spacial score (nSPS) is 19.3. The maximum atomic E-state index is 13.8. The van der Waals surface area contributed by atoms with Crippen LogP contribution in [0, 0.1) is 5.92 Å². The lowest BCUT2D eigenvalue weighted by molar-refractivity contribution is -0.0500. The van der Waals surface area contributed by atoms with Gasteiger partial charge in [-0.15, -0.1) is 0 Å². The summed E-state index contributed by atoms with van der Waals surface area (Å²) in [5.74, 6) is -2.90. The number of halogens is 2. The van der Waals surface area contributed by atoms with Gasteiger partial charge >= 0.3 is 6.09 Å². The van der Waals surface area contributed by atoms with Crippen LogP contribution >= 0.6 is 0 Å². The van der Waals surface area contributed by atoms with Crippen molar-refractivity contribution in [2.24, 2.45) is 10.3 Å². The molecule has 2 aromatic rings. The van der Waals surface area contributed by atoms with Crippen LogP contribution in [0.4, 0.5) is 13.6 Å². The zero-order chi connectivity index (χ0) is 25.3.